The zero-order valence-electron chi connectivity index (χ0n) is 20.3. The largest absolute Gasteiger partial charge is 0.503 e. The molecule has 3 aromatic carbocycles. The molecule has 1 unspecified atom stereocenters. The Bertz CT molecular complexity index is 1170. The first-order valence-corrected chi connectivity index (χ1v) is 11.0. The summed E-state index contributed by atoms with van der Waals surface area (Å²) in [5.74, 6) is 0.594. The van der Waals surface area contributed by atoms with Crippen LogP contribution in [0.1, 0.15) is 35.3 Å². The van der Waals surface area contributed by atoms with Gasteiger partial charge in [0.2, 0.25) is 0 Å². The molecule has 0 aliphatic carbocycles. The number of carbonyl (C=O) groups excluding carboxylic acids is 1. The summed E-state index contributed by atoms with van der Waals surface area (Å²) in [6.45, 7) is 2.13. The molecule has 0 aliphatic rings. The lowest BCUT2D eigenvalue weighted by Crippen LogP contribution is -2.08. The monoisotopic (exact) mass is 475 g/mol. The number of rotatable bonds is 11. The van der Waals surface area contributed by atoms with Gasteiger partial charge in [0.05, 0.1) is 33.8 Å². The molecule has 1 atom stereocenters. The van der Waals surface area contributed by atoms with Gasteiger partial charge in [0.25, 0.3) is 0 Å². The number of nitrogens with zero attached hydrogens (tertiary/aromatic N) is 1. The lowest BCUT2D eigenvalue weighted by atomic mass is 10.0. The zero-order chi connectivity index (χ0) is 25.0. The second-order valence-corrected chi connectivity index (χ2v) is 7.51. The molecule has 0 bridgehead atoms. The predicted molar refractivity (Wildman–Crippen MR) is 134 cm³/mol. The van der Waals surface area contributed by atoms with Crippen molar-refractivity contribution in [2.45, 2.75) is 19.6 Å². The van der Waals surface area contributed by atoms with Crippen LogP contribution in [0.25, 0.3) is 5.57 Å². The van der Waals surface area contributed by atoms with Crippen molar-refractivity contribution in [3.05, 3.63) is 101 Å². The van der Waals surface area contributed by atoms with E-state index in [0.717, 1.165) is 16.7 Å². The number of hydrogen-bond acceptors (Lipinski definition) is 7. The molecular formula is C28H29NO6. The van der Waals surface area contributed by atoms with E-state index in [0.29, 0.717) is 22.6 Å². The molecule has 0 fully saturated rings. The van der Waals surface area contributed by atoms with Gasteiger partial charge in [0.15, 0.2) is 11.5 Å². The van der Waals surface area contributed by atoms with E-state index in [9.17, 15) is 4.79 Å². The van der Waals surface area contributed by atoms with Crippen LogP contribution in [0.3, 0.4) is 0 Å². The summed E-state index contributed by atoms with van der Waals surface area (Å²) in [7, 11) is 4.38. The van der Waals surface area contributed by atoms with Gasteiger partial charge in [-0.1, -0.05) is 59.8 Å². The average molecular weight is 476 g/mol. The zero-order valence-corrected chi connectivity index (χ0v) is 20.3. The van der Waals surface area contributed by atoms with Crippen LogP contribution in [0.2, 0.25) is 0 Å². The Morgan fingerprint density at radius 2 is 1.69 bits per heavy atom. The highest BCUT2D eigenvalue weighted by atomic mass is 16.6. The van der Waals surface area contributed by atoms with Gasteiger partial charge in [-0.2, -0.15) is 0 Å². The molecule has 0 N–H and O–H groups in total. The van der Waals surface area contributed by atoms with Crippen molar-refractivity contribution in [3.8, 4) is 11.5 Å². The number of hydrogen-bond donors (Lipinski definition) is 0. The van der Waals surface area contributed by atoms with Gasteiger partial charge in [0, 0.05) is 5.56 Å². The smallest absolute Gasteiger partial charge is 0.341 e. The fourth-order valence-electron chi connectivity index (χ4n) is 3.37. The van der Waals surface area contributed by atoms with E-state index in [1.165, 1.54) is 20.5 Å². The molecule has 0 amide bonds. The van der Waals surface area contributed by atoms with Gasteiger partial charge in [0.1, 0.15) is 18.3 Å². The van der Waals surface area contributed by atoms with Crippen molar-refractivity contribution >= 4 is 17.8 Å². The Hall–Kier alpha value is -4.26. The standard InChI is InChI=1S/C28H29NO6/c1-20(22-10-6-5-7-11-22)35-29-17-21-14-15-26(32-3)27(16-21)34-18-23-12-8-9-13-24(23)25(19-31-2)28(30)33-4/h5-17,19-20H,18H2,1-4H3. The lowest BCUT2D eigenvalue weighted by molar-refractivity contribution is -0.133. The van der Waals surface area contributed by atoms with Crippen LogP contribution in [0, 0.1) is 0 Å². The number of benzene rings is 3. The predicted octanol–water partition coefficient (Wildman–Crippen LogP) is 5.55. The Kier molecular flexibility index (Phi) is 9.31. The topological polar surface area (TPSA) is 75.6 Å². The highest BCUT2D eigenvalue weighted by Crippen LogP contribution is 2.30. The molecule has 0 spiro atoms. The van der Waals surface area contributed by atoms with Crippen molar-refractivity contribution in [2.75, 3.05) is 21.3 Å². The maximum absolute atomic E-state index is 12.3. The van der Waals surface area contributed by atoms with Crippen LogP contribution < -0.4 is 9.47 Å². The fourth-order valence-corrected chi connectivity index (χ4v) is 3.37. The second kappa shape index (κ2) is 12.8. The maximum Gasteiger partial charge on any atom is 0.341 e. The van der Waals surface area contributed by atoms with Crippen LogP contribution in [-0.4, -0.2) is 33.5 Å². The van der Waals surface area contributed by atoms with E-state index in [-0.39, 0.29) is 12.7 Å². The summed E-state index contributed by atoms with van der Waals surface area (Å²) in [4.78, 5) is 17.8. The summed E-state index contributed by atoms with van der Waals surface area (Å²) in [5, 5.41) is 4.13. The lowest BCUT2D eigenvalue weighted by Gasteiger charge is -2.15. The van der Waals surface area contributed by atoms with Crippen molar-refractivity contribution in [3.63, 3.8) is 0 Å². The average Bonchev–Trinajstić information content (AvgIpc) is 2.91. The Morgan fingerprint density at radius 3 is 2.40 bits per heavy atom. The van der Waals surface area contributed by atoms with Crippen LogP contribution in [0.15, 0.2) is 84.2 Å². The summed E-state index contributed by atoms with van der Waals surface area (Å²) < 4.78 is 21.5. The van der Waals surface area contributed by atoms with E-state index in [1.807, 2.05) is 73.7 Å². The number of carbonyl (C=O) groups is 1. The first-order valence-electron chi connectivity index (χ1n) is 11.0. The SMILES string of the molecule is COC=C(C(=O)OC)c1ccccc1COc1cc(C=NOC(C)c2ccccc2)ccc1OC. The van der Waals surface area contributed by atoms with Gasteiger partial charge in [-0.05, 0) is 41.8 Å². The highest BCUT2D eigenvalue weighted by Gasteiger charge is 2.17. The molecule has 7 heteroatoms. The van der Waals surface area contributed by atoms with E-state index >= 15 is 0 Å². The quantitative estimate of drug-likeness (QED) is 0.119. The first-order chi connectivity index (χ1) is 17.1. The van der Waals surface area contributed by atoms with Crippen molar-refractivity contribution in [1.29, 1.82) is 0 Å². The number of esters is 1. The minimum Gasteiger partial charge on any atom is -0.503 e. The third-order valence-electron chi connectivity index (χ3n) is 5.21. The van der Waals surface area contributed by atoms with Gasteiger partial charge < -0.3 is 23.8 Å². The van der Waals surface area contributed by atoms with Crippen LogP contribution in [-0.2, 0) is 25.7 Å². The molecule has 35 heavy (non-hydrogen) atoms. The van der Waals surface area contributed by atoms with Gasteiger partial charge in [-0.25, -0.2) is 4.79 Å². The fraction of sp³-hybridized carbons (Fsp3) is 0.214. The van der Waals surface area contributed by atoms with E-state index in [4.69, 9.17) is 23.8 Å². The normalized spacial score (nSPS) is 12.2. The summed E-state index contributed by atoms with van der Waals surface area (Å²) in [5.41, 5.74) is 3.55. The molecule has 0 aromatic heterocycles. The molecule has 0 heterocycles. The second-order valence-electron chi connectivity index (χ2n) is 7.51. The Labute approximate surface area is 205 Å². The molecule has 0 aliphatic heterocycles. The minimum absolute atomic E-state index is 0.179. The van der Waals surface area contributed by atoms with E-state index < -0.39 is 5.97 Å². The van der Waals surface area contributed by atoms with Crippen molar-refractivity contribution in [1.82, 2.24) is 0 Å². The van der Waals surface area contributed by atoms with Gasteiger partial charge >= 0.3 is 5.97 Å². The van der Waals surface area contributed by atoms with Crippen LogP contribution >= 0.6 is 0 Å². The van der Waals surface area contributed by atoms with Crippen LogP contribution in [0.4, 0.5) is 0 Å². The molecule has 0 saturated heterocycles. The summed E-state index contributed by atoms with van der Waals surface area (Å²) in [6.07, 6.45) is 2.80. The van der Waals surface area contributed by atoms with Crippen LogP contribution in [0.5, 0.6) is 11.5 Å². The highest BCUT2D eigenvalue weighted by molar-refractivity contribution is 6.16. The number of ether oxygens (including phenoxy) is 4. The molecule has 0 radical (unpaired) electrons. The maximum atomic E-state index is 12.3. The number of methoxy groups -OCH3 is 3. The summed E-state index contributed by atoms with van der Waals surface area (Å²) in [6, 6.07) is 22.7. The molecule has 0 saturated carbocycles. The summed E-state index contributed by atoms with van der Waals surface area (Å²) >= 11 is 0. The molecule has 3 aromatic rings. The first kappa shape index (κ1) is 25.4. The number of oxime groups is 1. The van der Waals surface area contributed by atoms with Gasteiger partial charge in [-0.3, -0.25) is 0 Å². The van der Waals surface area contributed by atoms with Crippen molar-refractivity contribution in [2.24, 2.45) is 5.16 Å². The van der Waals surface area contributed by atoms with Gasteiger partial charge in [-0.15, -0.1) is 0 Å². The van der Waals surface area contributed by atoms with Crippen molar-refractivity contribution < 1.29 is 28.6 Å². The van der Waals surface area contributed by atoms with E-state index in [2.05, 4.69) is 5.16 Å². The molecule has 182 valence electrons. The van der Waals surface area contributed by atoms with E-state index in [1.54, 1.807) is 19.4 Å². The molecule has 7 nitrogen and oxygen atoms in total. The molecule has 3 rings (SSSR count). The molecular weight excluding hydrogens is 446 g/mol. The Morgan fingerprint density at radius 1 is 0.943 bits per heavy atom. The minimum atomic E-state index is -0.500. The Balaban J connectivity index is 1.76. The third kappa shape index (κ3) is 6.86. The third-order valence-corrected chi connectivity index (χ3v) is 5.21.